The maximum atomic E-state index is 11.7. The van der Waals surface area contributed by atoms with Gasteiger partial charge in [0.1, 0.15) is 0 Å². The largest absolute Gasteiger partial charge is 0.481 e. The lowest BCUT2D eigenvalue weighted by Gasteiger charge is -2.65. The van der Waals surface area contributed by atoms with Crippen molar-refractivity contribution in [2.24, 2.45) is 46.3 Å². The summed E-state index contributed by atoms with van der Waals surface area (Å²) in [4.78, 5) is 11.2. The molecular formula is C27H47NO4. The van der Waals surface area contributed by atoms with Crippen molar-refractivity contribution in [2.75, 3.05) is 0 Å². The number of aliphatic carboxylic acids is 1. The van der Waals surface area contributed by atoms with Gasteiger partial charge in [-0.25, -0.2) is 0 Å². The van der Waals surface area contributed by atoms with Gasteiger partial charge >= 0.3 is 5.97 Å². The Bertz CT molecular complexity index is 697. The molecule has 0 amide bonds. The fraction of sp³-hybridized carbons (Fsp3) is 0.963. The number of nitrogens with one attached hydrogen (secondary N) is 1. The zero-order chi connectivity index (χ0) is 23.4. The smallest absolute Gasteiger partial charge is 0.303 e. The number of rotatable bonds is 6. The predicted octanol–water partition coefficient (Wildman–Crippen LogP) is 4.45. The van der Waals surface area contributed by atoms with Gasteiger partial charge in [-0.2, -0.15) is 0 Å². The molecule has 0 radical (unpaired) electrons. The van der Waals surface area contributed by atoms with Crippen LogP contribution in [0.1, 0.15) is 92.4 Å². The summed E-state index contributed by atoms with van der Waals surface area (Å²) in [5, 5.41) is 35.2. The molecule has 11 atom stereocenters. The number of hydrogen-bond donors (Lipinski definition) is 4. The second-order valence-electron chi connectivity index (χ2n) is 12.8. The van der Waals surface area contributed by atoms with E-state index in [1.54, 1.807) is 0 Å². The van der Waals surface area contributed by atoms with Gasteiger partial charge in [-0.15, -0.1) is 0 Å². The van der Waals surface area contributed by atoms with Gasteiger partial charge in [-0.05, 0) is 97.7 Å². The lowest BCUT2D eigenvalue weighted by Crippen LogP contribution is -2.68. The Hall–Kier alpha value is -0.650. The summed E-state index contributed by atoms with van der Waals surface area (Å²) in [7, 11) is 0. The Morgan fingerprint density at radius 1 is 0.969 bits per heavy atom. The van der Waals surface area contributed by atoms with Crippen LogP contribution in [0, 0.1) is 46.3 Å². The number of carboxylic acid groups (broad SMARTS) is 1. The van der Waals surface area contributed by atoms with Crippen molar-refractivity contribution in [3.8, 4) is 0 Å². The van der Waals surface area contributed by atoms with Crippen molar-refractivity contribution in [1.29, 1.82) is 0 Å². The average molecular weight is 450 g/mol. The minimum atomic E-state index is -0.685. The van der Waals surface area contributed by atoms with E-state index >= 15 is 0 Å². The lowest BCUT2D eigenvalue weighted by molar-refractivity contribution is -0.188. The van der Waals surface area contributed by atoms with Crippen molar-refractivity contribution in [2.45, 2.75) is 117 Å². The molecule has 4 fully saturated rings. The molecule has 0 aromatic carbocycles. The summed E-state index contributed by atoms with van der Waals surface area (Å²) < 4.78 is 0. The second-order valence-corrected chi connectivity index (χ2v) is 12.8. The van der Waals surface area contributed by atoms with Gasteiger partial charge in [-0.1, -0.05) is 34.6 Å². The fourth-order valence-corrected chi connectivity index (χ4v) is 9.40. The first-order valence-corrected chi connectivity index (χ1v) is 13.3. The number of aliphatic hydroxyl groups is 2. The lowest BCUT2D eigenvalue weighted by atomic mass is 9.42. The summed E-state index contributed by atoms with van der Waals surface area (Å²) in [6, 6.07) is 0.397. The molecule has 4 N–H and O–H groups in total. The van der Waals surface area contributed by atoms with Crippen molar-refractivity contribution in [1.82, 2.24) is 5.32 Å². The van der Waals surface area contributed by atoms with Crippen LogP contribution >= 0.6 is 0 Å². The van der Waals surface area contributed by atoms with E-state index < -0.39 is 12.1 Å². The Labute approximate surface area is 194 Å². The molecule has 0 aliphatic heterocycles. The topological polar surface area (TPSA) is 89.8 Å². The van der Waals surface area contributed by atoms with Crippen LogP contribution in [0.3, 0.4) is 0 Å². The molecule has 4 rings (SSSR count). The molecule has 0 saturated heterocycles. The standard InChI is InChI=1S/C27H47NO4/c1-15(2)28-24-23-19-8-7-18(16(3)6-9-22(30)31)26(19,4)13-11-20(23)27(5)12-10-17(29)14-21(27)25(24)32/h15-21,23-25,28-29,32H,6-14H2,1-5H3,(H,30,31)/t16-,17-,18-,19+,20+,21+,23+,24?,25-,26-,27-/m1/s1. The third-order valence-corrected chi connectivity index (χ3v) is 10.9. The fourth-order valence-electron chi connectivity index (χ4n) is 9.40. The normalized spacial score (nSPS) is 49.2. The summed E-state index contributed by atoms with van der Waals surface area (Å²) in [5.74, 6) is 2.11. The molecule has 32 heavy (non-hydrogen) atoms. The summed E-state index contributed by atoms with van der Waals surface area (Å²) in [5.41, 5.74) is 0.333. The zero-order valence-corrected chi connectivity index (χ0v) is 20.9. The van der Waals surface area contributed by atoms with Crippen LogP contribution in [0.15, 0.2) is 0 Å². The third-order valence-electron chi connectivity index (χ3n) is 10.9. The third kappa shape index (κ3) is 3.94. The molecule has 5 nitrogen and oxygen atoms in total. The molecule has 0 heterocycles. The van der Waals surface area contributed by atoms with Crippen molar-refractivity contribution in [3.05, 3.63) is 0 Å². The van der Waals surface area contributed by atoms with Crippen LogP contribution in [0.5, 0.6) is 0 Å². The molecule has 0 bridgehead atoms. The van der Waals surface area contributed by atoms with Crippen LogP contribution in [0.4, 0.5) is 0 Å². The zero-order valence-electron chi connectivity index (χ0n) is 20.9. The monoisotopic (exact) mass is 449 g/mol. The first-order valence-electron chi connectivity index (χ1n) is 13.3. The van der Waals surface area contributed by atoms with Crippen LogP contribution < -0.4 is 5.32 Å². The molecule has 4 saturated carbocycles. The first-order chi connectivity index (χ1) is 15.0. The molecule has 0 aromatic rings. The molecule has 0 aromatic heterocycles. The molecule has 0 spiro atoms. The first kappa shape index (κ1) is 24.5. The highest BCUT2D eigenvalue weighted by Gasteiger charge is 2.65. The van der Waals surface area contributed by atoms with Crippen LogP contribution in [0.2, 0.25) is 0 Å². The van der Waals surface area contributed by atoms with E-state index in [-0.39, 0.29) is 35.3 Å². The second kappa shape index (κ2) is 8.85. The maximum absolute atomic E-state index is 11.7. The molecule has 1 unspecified atom stereocenters. The number of fused-ring (bicyclic) bond motifs is 5. The molecular weight excluding hydrogens is 402 g/mol. The number of carbonyl (C=O) groups is 1. The molecule has 4 aliphatic rings. The van der Waals surface area contributed by atoms with Crippen molar-refractivity contribution in [3.63, 3.8) is 0 Å². The van der Waals surface area contributed by atoms with E-state index in [1.807, 2.05) is 0 Å². The highest BCUT2D eigenvalue weighted by Crippen LogP contribution is 2.68. The maximum Gasteiger partial charge on any atom is 0.303 e. The van der Waals surface area contributed by atoms with Gasteiger partial charge < -0.3 is 20.6 Å². The molecule has 184 valence electrons. The Balaban J connectivity index is 1.65. The van der Waals surface area contributed by atoms with Crippen LogP contribution in [0.25, 0.3) is 0 Å². The minimum Gasteiger partial charge on any atom is -0.481 e. The van der Waals surface area contributed by atoms with Crippen LogP contribution in [-0.2, 0) is 4.79 Å². The molecule has 5 heteroatoms. The van der Waals surface area contributed by atoms with Crippen molar-refractivity contribution >= 4 is 5.97 Å². The SMILES string of the molecule is CC(C)NC1[C@@H]2[C@H](CC[C@]3(C)[C@@H]([C@H](C)CCC(=O)O)CC[C@@H]23)[C@@]2(C)CC[C@@H](O)C[C@H]2[C@H]1O. The van der Waals surface area contributed by atoms with Gasteiger partial charge in [0, 0.05) is 18.5 Å². The Morgan fingerprint density at radius 2 is 1.62 bits per heavy atom. The van der Waals surface area contributed by atoms with Gasteiger partial charge in [0.2, 0.25) is 0 Å². The Kier molecular flexibility index (Phi) is 6.77. The average Bonchev–Trinajstić information content (AvgIpc) is 3.07. The number of hydrogen-bond acceptors (Lipinski definition) is 4. The quantitative estimate of drug-likeness (QED) is 0.481. The van der Waals surface area contributed by atoms with Crippen molar-refractivity contribution < 1.29 is 20.1 Å². The highest BCUT2D eigenvalue weighted by atomic mass is 16.4. The minimum absolute atomic E-state index is 0.0843. The van der Waals surface area contributed by atoms with E-state index in [1.165, 1.54) is 25.7 Å². The highest BCUT2D eigenvalue weighted by molar-refractivity contribution is 5.66. The molecule has 4 aliphatic carbocycles. The summed E-state index contributed by atoms with van der Waals surface area (Å²) in [6.45, 7) is 11.5. The van der Waals surface area contributed by atoms with Gasteiger partial charge in [0.25, 0.3) is 0 Å². The van der Waals surface area contributed by atoms with Gasteiger partial charge in [-0.3, -0.25) is 4.79 Å². The van der Waals surface area contributed by atoms with E-state index in [0.717, 1.165) is 25.7 Å². The van der Waals surface area contributed by atoms with Crippen LogP contribution in [-0.4, -0.2) is 45.6 Å². The summed E-state index contributed by atoms with van der Waals surface area (Å²) in [6.07, 6.45) is 7.77. The number of carboxylic acids is 1. The van der Waals surface area contributed by atoms with E-state index in [4.69, 9.17) is 0 Å². The van der Waals surface area contributed by atoms with Gasteiger partial charge in [0.15, 0.2) is 0 Å². The van der Waals surface area contributed by atoms with E-state index in [9.17, 15) is 20.1 Å². The summed E-state index contributed by atoms with van der Waals surface area (Å²) >= 11 is 0. The predicted molar refractivity (Wildman–Crippen MR) is 126 cm³/mol. The Morgan fingerprint density at radius 3 is 2.28 bits per heavy atom. The van der Waals surface area contributed by atoms with Gasteiger partial charge in [0.05, 0.1) is 12.2 Å². The van der Waals surface area contributed by atoms with E-state index in [0.29, 0.717) is 35.6 Å². The number of aliphatic hydroxyl groups excluding tert-OH is 2. The van der Waals surface area contributed by atoms with E-state index in [2.05, 4.69) is 39.9 Å².